The Morgan fingerprint density at radius 2 is 1.86 bits per heavy atom. The van der Waals surface area contributed by atoms with Crippen molar-refractivity contribution in [3.63, 3.8) is 0 Å². The van der Waals surface area contributed by atoms with Crippen LogP contribution in [-0.4, -0.2) is 25.2 Å². The van der Waals surface area contributed by atoms with Crippen LogP contribution in [-0.2, 0) is 0 Å². The predicted octanol–water partition coefficient (Wildman–Crippen LogP) is 4.13. The molecule has 1 saturated carbocycles. The first-order chi connectivity index (χ1) is 10.2. The molecule has 21 heavy (non-hydrogen) atoms. The van der Waals surface area contributed by atoms with Gasteiger partial charge in [-0.05, 0) is 49.8 Å². The maximum Gasteiger partial charge on any atom is 0.0369 e. The van der Waals surface area contributed by atoms with Crippen molar-refractivity contribution in [3.05, 3.63) is 29.8 Å². The van der Waals surface area contributed by atoms with Crippen molar-refractivity contribution in [1.82, 2.24) is 5.32 Å². The lowest BCUT2D eigenvalue weighted by Crippen LogP contribution is -2.52. The van der Waals surface area contributed by atoms with E-state index in [1.54, 1.807) is 0 Å². The van der Waals surface area contributed by atoms with Gasteiger partial charge in [0.25, 0.3) is 0 Å². The fraction of sp³-hybridized carbons (Fsp3) is 0.684. The van der Waals surface area contributed by atoms with E-state index in [0.29, 0.717) is 6.04 Å². The van der Waals surface area contributed by atoms with Crippen molar-refractivity contribution in [2.75, 3.05) is 18.0 Å². The Bertz CT molecular complexity index is 451. The monoisotopic (exact) mass is 286 g/mol. The van der Waals surface area contributed by atoms with Gasteiger partial charge in [-0.3, -0.25) is 0 Å². The van der Waals surface area contributed by atoms with Gasteiger partial charge in [-0.15, -0.1) is 0 Å². The van der Waals surface area contributed by atoms with E-state index in [2.05, 4.69) is 48.3 Å². The van der Waals surface area contributed by atoms with Crippen LogP contribution in [0.5, 0.6) is 0 Å². The van der Waals surface area contributed by atoms with Gasteiger partial charge in [0, 0.05) is 30.9 Å². The fourth-order valence-corrected chi connectivity index (χ4v) is 4.11. The lowest BCUT2D eigenvalue weighted by Gasteiger charge is -2.40. The van der Waals surface area contributed by atoms with E-state index in [9.17, 15) is 0 Å². The van der Waals surface area contributed by atoms with Crippen LogP contribution in [0.25, 0.3) is 0 Å². The van der Waals surface area contributed by atoms with Crippen molar-refractivity contribution in [2.45, 2.75) is 64.5 Å². The van der Waals surface area contributed by atoms with Gasteiger partial charge in [-0.25, -0.2) is 0 Å². The molecule has 1 aromatic carbocycles. The molecule has 0 amide bonds. The second kappa shape index (κ2) is 6.83. The summed E-state index contributed by atoms with van der Waals surface area (Å²) in [7, 11) is 0. The molecular weight excluding hydrogens is 256 g/mol. The largest absolute Gasteiger partial charge is 0.370 e. The molecule has 1 saturated heterocycles. The van der Waals surface area contributed by atoms with Crippen LogP contribution in [0.3, 0.4) is 0 Å². The third-order valence-electron chi connectivity index (χ3n) is 5.10. The number of aryl methyl sites for hydroxylation is 1. The minimum atomic E-state index is 0.664. The Kier molecular flexibility index (Phi) is 4.84. The molecule has 2 atom stereocenters. The maximum absolute atomic E-state index is 3.96. The number of hydrogen-bond donors (Lipinski definition) is 1. The highest BCUT2D eigenvalue weighted by molar-refractivity contribution is 5.49. The average molecular weight is 286 g/mol. The van der Waals surface area contributed by atoms with Crippen molar-refractivity contribution < 1.29 is 0 Å². The van der Waals surface area contributed by atoms with Gasteiger partial charge in [-0.1, -0.05) is 38.3 Å². The normalized spacial score (nSPS) is 27.8. The summed E-state index contributed by atoms with van der Waals surface area (Å²) in [6.45, 7) is 6.96. The third-order valence-corrected chi connectivity index (χ3v) is 5.10. The summed E-state index contributed by atoms with van der Waals surface area (Å²) in [6, 6.07) is 10.4. The van der Waals surface area contributed by atoms with Crippen molar-refractivity contribution in [3.8, 4) is 0 Å². The van der Waals surface area contributed by atoms with E-state index in [0.717, 1.165) is 12.0 Å². The van der Waals surface area contributed by atoms with Gasteiger partial charge < -0.3 is 10.2 Å². The summed E-state index contributed by atoms with van der Waals surface area (Å²) in [5.74, 6) is 0.778. The number of nitrogens with one attached hydrogen (secondary N) is 1. The summed E-state index contributed by atoms with van der Waals surface area (Å²) in [4.78, 5) is 2.58. The number of anilines is 1. The van der Waals surface area contributed by atoms with Gasteiger partial charge >= 0.3 is 0 Å². The van der Waals surface area contributed by atoms with E-state index in [4.69, 9.17) is 0 Å². The molecule has 2 unspecified atom stereocenters. The molecule has 116 valence electrons. The van der Waals surface area contributed by atoms with Crippen LogP contribution >= 0.6 is 0 Å². The van der Waals surface area contributed by atoms with E-state index >= 15 is 0 Å². The molecule has 1 N–H and O–H groups in total. The minimum absolute atomic E-state index is 0.664. The van der Waals surface area contributed by atoms with Gasteiger partial charge in [0.15, 0.2) is 0 Å². The van der Waals surface area contributed by atoms with Gasteiger partial charge in [0.05, 0.1) is 0 Å². The van der Waals surface area contributed by atoms with Crippen LogP contribution in [0.4, 0.5) is 5.69 Å². The standard InChI is InChI=1S/C19H30N2/c1-15-7-6-10-19(12-15)21-13-16(2)11-18(14-21)20-17-8-4-3-5-9-17/h6-7,10,12,16-18,20H,3-5,8-9,11,13-14H2,1-2H3. The highest BCUT2D eigenvalue weighted by atomic mass is 15.2. The number of piperidine rings is 1. The van der Waals surface area contributed by atoms with E-state index in [1.807, 2.05) is 0 Å². The molecule has 1 aliphatic carbocycles. The summed E-state index contributed by atoms with van der Waals surface area (Å²) >= 11 is 0. The highest BCUT2D eigenvalue weighted by Crippen LogP contribution is 2.25. The van der Waals surface area contributed by atoms with E-state index in [-0.39, 0.29) is 0 Å². The Balaban J connectivity index is 1.63. The van der Waals surface area contributed by atoms with E-state index < -0.39 is 0 Å². The molecular formula is C19H30N2. The Morgan fingerprint density at radius 1 is 1.05 bits per heavy atom. The quantitative estimate of drug-likeness (QED) is 0.898. The molecule has 0 spiro atoms. The summed E-state index contributed by atoms with van der Waals surface area (Å²) in [5.41, 5.74) is 2.76. The highest BCUT2D eigenvalue weighted by Gasteiger charge is 2.27. The SMILES string of the molecule is Cc1cccc(N2CC(C)CC(NC3CCCCC3)C2)c1. The lowest BCUT2D eigenvalue weighted by atomic mass is 9.91. The minimum Gasteiger partial charge on any atom is -0.370 e. The number of hydrogen-bond acceptors (Lipinski definition) is 2. The third kappa shape index (κ3) is 4.00. The van der Waals surface area contributed by atoms with E-state index in [1.165, 1.54) is 62.9 Å². The number of nitrogens with zero attached hydrogens (tertiary/aromatic N) is 1. The van der Waals surface area contributed by atoms with Crippen molar-refractivity contribution in [2.24, 2.45) is 5.92 Å². The zero-order valence-electron chi connectivity index (χ0n) is 13.6. The second-order valence-corrected chi connectivity index (χ2v) is 7.28. The molecule has 2 heteroatoms. The molecule has 2 aliphatic rings. The first-order valence-electron chi connectivity index (χ1n) is 8.78. The molecule has 2 nitrogen and oxygen atoms in total. The topological polar surface area (TPSA) is 15.3 Å². The van der Waals surface area contributed by atoms with Crippen LogP contribution < -0.4 is 10.2 Å². The summed E-state index contributed by atoms with van der Waals surface area (Å²) < 4.78 is 0. The van der Waals surface area contributed by atoms with Gasteiger partial charge in [0.2, 0.25) is 0 Å². The Hall–Kier alpha value is -1.02. The molecule has 0 radical (unpaired) electrons. The number of rotatable bonds is 3. The summed E-state index contributed by atoms with van der Waals surface area (Å²) in [5, 5.41) is 3.96. The van der Waals surface area contributed by atoms with Crippen LogP contribution in [0.15, 0.2) is 24.3 Å². The first kappa shape index (κ1) is 14.9. The van der Waals surface area contributed by atoms with Crippen molar-refractivity contribution >= 4 is 5.69 Å². The average Bonchev–Trinajstić information content (AvgIpc) is 2.48. The molecule has 1 aromatic rings. The molecule has 2 fully saturated rings. The van der Waals surface area contributed by atoms with Crippen LogP contribution in [0.2, 0.25) is 0 Å². The zero-order chi connectivity index (χ0) is 14.7. The smallest absolute Gasteiger partial charge is 0.0369 e. The fourth-order valence-electron chi connectivity index (χ4n) is 4.11. The first-order valence-corrected chi connectivity index (χ1v) is 8.78. The second-order valence-electron chi connectivity index (χ2n) is 7.28. The number of benzene rings is 1. The van der Waals surface area contributed by atoms with Gasteiger partial charge in [-0.2, -0.15) is 0 Å². The predicted molar refractivity (Wildman–Crippen MR) is 91.0 cm³/mol. The molecule has 0 bridgehead atoms. The van der Waals surface area contributed by atoms with Crippen LogP contribution in [0.1, 0.15) is 51.0 Å². The zero-order valence-corrected chi connectivity index (χ0v) is 13.6. The molecule has 0 aromatic heterocycles. The molecule has 1 heterocycles. The molecule has 3 rings (SSSR count). The molecule has 1 aliphatic heterocycles. The van der Waals surface area contributed by atoms with Crippen molar-refractivity contribution in [1.29, 1.82) is 0 Å². The van der Waals surface area contributed by atoms with Crippen LogP contribution in [0, 0.1) is 12.8 Å². The lowest BCUT2D eigenvalue weighted by molar-refractivity contribution is 0.285. The van der Waals surface area contributed by atoms with Gasteiger partial charge in [0.1, 0.15) is 0 Å². The summed E-state index contributed by atoms with van der Waals surface area (Å²) in [6.07, 6.45) is 8.38. The Labute approximate surface area is 129 Å². The maximum atomic E-state index is 3.96. The Morgan fingerprint density at radius 3 is 2.62 bits per heavy atom.